The van der Waals surface area contributed by atoms with Crippen LogP contribution in [-0.2, 0) is 11.3 Å². The molecule has 1 spiro atoms. The second kappa shape index (κ2) is 7.08. The molecule has 4 rings (SSSR count). The van der Waals surface area contributed by atoms with Crippen molar-refractivity contribution in [2.24, 2.45) is 0 Å². The zero-order chi connectivity index (χ0) is 18.0. The van der Waals surface area contributed by atoms with E-state index in [0.29, 0.717) is 12.1 Å². The smallest absolute Gasteiger partial charge is 0.257 e. The van der Waals surface area contributed by atoms with E-state index in [0.717, 1.165) is 39.0 Å². The average Bonchev–Trinajstić information content (AvgIpc) is 3.11. The second-order valence-corrected chi connectivity index (χ2v) is 7.36. The summed E-state index contributed by atoms with van der Waals surface area (Å²) in [6, 6.07) is 10.1. The van der Waals surface area contributed by atoms with E-state index in [1.807, 2.05) is 34.0 Å². The van der Waals surface area contributed by atoms with Crippen LogP contribution in [0.5, 0.6) is 0 Å². The maximum absolute atomic E-state index is 12.8. The van der Waals surface area contributed by atoms with E-state index in [1.165, 1.54) is 11.1 Å². The zero-order valence-electron chi connectivity index (χ0n) is 15.2. The van der Waals surface area contributed by atoms with Crippen molar-refractivity contribution in [1.29, 1.82) is 0 Å². The molecule has 1 fully saturated rings. The Balaban J connectivity index is 1.39. The van der Waals surface area contributed by atoms with Gasteiger partial charge in [0.15, 0.2) is 0 Å². The van der Waals surface area contributed by atoms with Gasteiger partial charge in [0.1, 0.15) is 0 Å². The van der Waals surface area contributed by atoms with Gasteiger partial charge in [-0.15, -0.1) is 0 Å². The highest BCUT2D eigenvalue weighted by molar-refractivity contribution is 5.93. The largest absolute Gasteiger partial charge is 0.370 e. The zero-order valence-corrected chi connectivity index (χ0v) is 15.2. The van der Waals surface area contributed by atoms with Gasteiger partial charge in [-0.3, -0.25) is 9.48 Å². The van der Waals surface area contributed by atoms with Crippen molar-refractivity contribution in [3.63, 3.8) is 0 Å². The minimum absolute atomic E-state index is 0.0654. The summed E-state index contributed by atoms with van der Waals surface area (Å²) >= 11 is 0. The Kier molecular flexibility index (Phi) is 4.64. The van der Waals surface area contributed by atoms with Crippen LogP contribution in [0, 0.1) is 0 Å². The number of piperidine rings is 1. The number of nitrogens with zero attached hydrogens (tertiary/aromatic N) is 3. The molecule has 0 bridgehead atoms. The Hall–Kier alpha value is -2.40. The predicted molar refractivity (Wildman–Crippen MR) is 100.0 cm³/mol. The first-order chi connectivity index (χ1) is 12.6. The highest BCUT2D eigenvalue weighted by Gasteiger charge is 2.37. The monoisotopic (exact) mass is 351 g/mol. The Labute approximate surface area is 154 Å². The van der Waals surface area contributed by atoms with Crippen LogP contribution < -0.4 is 0 Å². The van der Waals surface area contributed by atoms with E-state index in [4.69, 9.17) is 4.74 Å². The number of amides is 1. The van der Waals surface area contributed by atoms with Crippen LogP contribution in [0.3, 0.4) is 0 Å². The number of hydrogen-bond acceptors (Lipinski definition) is 3. The molecular formula is C21H25N3O2. The number of aromatic nitrogens is 2. The normalized spacial score (nSPS) is 19.4. The number of hydrogen-bond donors (Lipinski definition) is 0. The van der Waals surface area contributed by atoms with Gasteiger partial charge < -0.3 is 9.64 Å². The first kappa shape index (κ1) is 17.0. The van der Waals surface area contributed by atoms with Crippen molar-refractivity contribution in [2.75, 3.05) is 19.7 Å². The lowest BCUT2D eigenvalue weighted by molar-refractivity contribution is -0.0522. The molecule has 0 atom stereocenters. The van der Waals surface area contributed by atoms with Crippen molar-refractivity contribution in [3.8, 4) is 0 Å². The number of likely N-dealkylation sites (tertiary alicyclic amines) is 1. The minimum atomic E-state index is -0.156. The third kappa shape index (κ3) is 3.58. The fourth-order valence-corrected chi connectivity index (χ4v) is 3.87. The van der Waals surface area contributed by atoms with Crippen molar-refractivity contribution in [1.82, 2.24) is 14.7 Å². The van der Waals surface area contributed by atoms with Crippen molar-refractivity contribution in [3.05, 3.63) is 65.5 Å². The molecule has 0 radical (unpaired) electrons. The molecule has 3 heterocycles. The maximum atomic E-state index is 12.8. The highest BCUT2D eigenvalue weighted by Crippen LogP contribution is 2.33. The molecule has 0 N–H and O–H groups in total. The summed E-state index contributed by atoms with van der Waals surface area (Å²) < 4.78 is 7.87. The number of carbonyl (C=O) groups is 1. The van der Waals surface area contributed by atoms with Crippen LogP contribution in [0.25, 0.3) is 0 Å². The lowest BCUT2D eigenvalue weighted by Gasteiger charge is -2.42. The molecule has 136 valence electrons. The van der Waals surface area contributed by atoms with Crippen LogP contribution in [0.4, 0.5) is 0 Å². The first-order valence-corrected chi connectivity index (χ1v) is 9.32. The summed E-state index contributed by atoms with van der Waals surface area (Å²) in [5.74, 6) is 0.0654. The van der Waals surface area contributed by atoms with Gasteiger partial charge in [-0.2, -0.15) is 5.10 Å². The molecule has 2 aliphatic heterocycles. The van der Waals surface area contributed by atoms with Gasteiger partial charge in [-0.1, -0.05) is 42.0 Å². The molecule has 5 nitrogen and oxygen atoms in total. The fraction of sp³-hybridized carbons (Fsp3) is 0.429. The number of ether oxygens (including phenoxy) is 1. The molecule has 1 aromatic heterocycles. The third-order valence-electron chi connectivity index (χ3n) is 5.36. The predicted octanol–water partition coefficient (Wildman–Crippen LogP) is 3.27. The molecule has 0 saturated carbocycles. The molecule has 0 aliphatic carbocycles. The molecule has 0 unspecified atom stereocenters. The Morgan fingerprint density at radius 2 is 2.00 bits per heavy atom. The Bertz CT molecular complexity index is 802. The van der Waals surface area contributed by atoms with Gasteiger partial charge in [0, 0.05) is 19.3 Å². The fourth-order valence-electron chi connectivity index (χ4n) is 3.87. The molecule has 1 aromatic carbocycles. The molecule has 5 heteroatoms. The number of rotatable bonds is 3. The van der Waals surface area contributed by atoms with Gasteiger partial charge in [0.25, 0.3) is 5.91 Å². The summed E-state index contributed by atoms with van der Waals surface area (Å²) in [6.45, 7) is 5.10. The Morgan fingerprint density at radius 1 is 1.23 bits per heavy atom. The third-order valence-corrected chi connectivity index (χ3v) is 5.36. The number of carbonyl (C=O) groups excluding carboxylic acids is 1. The quantitative estimate of drug-likeness (QED) is 0.798. The highest BCUT2D eigenvalue weighted by atomic mass is 16.5. The molecular weight excluding hydrogens is 326 g/mol. The summed E-state index contributed by atoms with van der Waals surface area (Å²) in [7, 11) is 0. The molecule has 1 saturated heterocycles. The van der Waals surface area contributed by atoms with Crippen LogP contribution in [-0.4, -0.2) is 45.9 Å². The number of benzene rings is 1. The van der Waals surface area contributed by atoms with E-state index >= 15 is 0 Å². The van der Waals surface area contributed by atoms with Crippen LogP contribution in [0.15, 0.2) is 54.4 Å². The van der Waals surface area contributed by atoms with Crippen LogP contribution in [0.1, 0.15) is 42.1 Å². The average molecular weight is 351 g/mol. The van der Waals surface area contributed by atoms with Crippen molar-refractivity contribution in [2.45, 2.75) is 38.3 Å². The van der Waals surface area contributed by atoms with Crippen LogP contribution in [0.2, 0.25) is 0 Å². The van der Waals surface area contributed by atoms with E-state index < -0.39 is 0 Å². The maximum Gasteiger partial charge on any atom is 0.257 e. The summed E-state index contributed by atoms with van der Waals surface area (Å²) in [5.41, 5.74) is 3.08. The van der Waals surface area contributed by atoms with E-state index in [2.05, 4.69) is 30.2 Å². The SMILES string of the molecule is CC1=CC2(CCN(C(=O)c3cnn(Cc4ccccc4)c3)CC2)OCC1. The standard InChI is InChI=1S/C21H25N3O2/c1-17-7-12-26-21(13-17)8-10-23(11-9-21)20(25)19-14-22-24(16-19)15-18-5-3-2-4-6-18/h2-6,13-14,16H,7-12,15H2,1H3. The lowest BCUT2D eigenvalue weighted by Crippen LogP contribution is -2.48. The lowest BCUT2D eigenvalue weighted by atomic mass is 9.87. The minimum Gasteiger partial charge on any atom is -0.370 e. The topological polar surface area (TPSA) is 47.4 Å². The molecule has 26 heavy (non-hydrogen) atoms. The van der Waals surface area contributed by atoms with Crippen molar-refractivity contribution >= 4 is 5.91 Å². The van der Waals surface area contributed by atoms with E-state index in [9.17, 15) is 4.79 Å². The van der Waals surface area contributed by atoms with Gasteiger partial charge in [-0.05, 0) is 31.7 Å². The van der Waals surface area contributed by atoms with E-state index in [-0.39, 0.29) is 11.5 Å². The summed E-state index contributed by atoms with van der Waals surface area (Å²) in [4.78, 5) is 14.7. The molecule has 1 amide bonds. The summed E-state index contributed by atoms with van der Waals surface area (Å²) in [5, 5.41) is 4.36. The van der Waals surface area contributed by atoms with Gasteiger partial charge in [0.05, 0.1) is 30.5 Å². The van der Waals surface area contributed by atoms with Gasteiger partial charge in [0.2, 0.25) is 0 Å². The molecule has 2 aromatic rings. The Morgan fingerprint density at radius 3 is 2.73 bits per heavy atom. The van der Waals surface area contributed by atoms with Crippen molar-refractivity contribution < 1.29 is 9.53 Å². The summed E-state index contributed by atoms with van der Waals surface area (Å²) in [6.07, 6.45) is 8.56. The first-order valence-electron chi connectivity index (χ1n) is 9.32. The van der Waals surface area contributed by atoms with Gasteiger partial charge >= 0.3 is 0 Å². The van der Waals surface area contributed by atoms with Crippen LogP contribution >= 0.6 is 0 Å². The van der Waals surface area contributed by atoms with E-state index in [1.54, 1.807) is 6.20 Å². The second-order valence-electron chi connectivity index (χ2n) is 7.36. The van der Waals surface area contributed by atoms with Gasteiger partial charge in [-0.25, -0.2) is 0 Å². The molecule has 2 aliphatic rings.